The number of carbonyl (C=O) groups is 1. The fourth-order valence-electron chi connectivity index (χ4n) is 2.18. The van der Waals surface area contributed by atoms with E-state index in [9.17, 15) is 4.79 Å². The zero-order valence-electron chi connectivity index (χ0n) is 5.89. The molecular formula is C8H11NO. The van der Waals surface area contributed by atoms with Crippen molar-refractivity contribution in [3.05, 3.63) is 0 Å². The van der Waals surface area contributed by atoms with Gasteiger partial charge in [0.15, 0.2) is 0 Å². The zero-order chi connectivity index (χ0) is 6.77. The maximum absolute atomic E-state index is 11.2. The molecular weight excluding hydrogens is 126 g/mol. The Morgan fingerprint density at radius 1 is 1.50 bits per heavy atom. The Morgan fingerprint density at radius 2 is 2.30 bits per heavy atom. The number of hydrogen-bond donors (Lipinski definition) is 1. The van der Waals surface area contributed by atoms with Gasteiger partial charge in [-0.15, -0.1) is 0 Å². The van der Waals surface area contributed by atoms with Crippen molar-refractivity contribution in [2.75, 3.05) is 0 Å². The number of hydrogen-bond acceptors (Lipinski definition) is 1. The highest BCUT2D eigenvalue weighted by Crippen LogP contribution is 2.55. The predicted octanol–water partition coefficient (Wildman–Crippen LogP) is 0.675. The summed E-state index contributed by atoms with van der Waals surface area (Å²) in [5.74, 6) is 1.54. The van der Waals surface area contributed by atoms with E-state index in [4.69, 9.17) is 0 Å². The molecule has 0 radical (unpaired) electrons. The third-order valence-corrected chi connectivity index (χ3v) is 3.15. The monoisotopic (exact) mass is 137 g/mol. The number of rotatable bonds is 0. The van der Waals surface area contributed by atoms with Gasteiger partial charge < -0.3 is 5.32 Å². The Hall–Kier alpha value is -0.530. The molecule has 1 amide bonds. The van der Waals surface area contributed by atoms with E-state index in [1.807, 2.05) is 0 Å². The molecule has 3 aliphatic rings. The van der Waals surface area contributed by atoms with Gasteiger partial charge in [0.1, 0.15) is 0 Å². The molecule has 1 saturated heterocycles. The van der Waals surface area contributed by atoms with Crippen molar-refractivity contribution < 1.29 is 4.79 Å². The van der Waals surface area contributed by atoms with Crippen molar-refractivity contribution in [3.8, 4) is 0 Å². The Kier molecular flexibility index (Phi) is 0.644. The second-order valence-electron chi connectivity index (χ2n) is 4.08. The summed E-state index contributed by atoms with van der Waals surface area (Å²) in [4.78, 5) is 11.2. The molecule has 1 heterocycles. The van der Waals surface area contributed by atoms with Gasteiger partial charge in [0.25, 0.3) is 0 Å². The Labute approximate surface area is 60.0 Å². The van der Waals surface area contributed by atoms with Crippen LogP contribution in [0.25, 0.3) is 0 Å². The second-order valence-corrected chi connectivity index (χ2v) is 4.08. The van der Waals surface area contributed by atoms with E-state index in [2.05, 4.69) is 5.32 Å². The first-order chi connectivity index (χ1) is 4.79. The zero-order valence-corrected chi connectivity index (χ0v) is 5.89. The van der Waals surface area contributed by atoms with E-state index in [-0.39, 0.29) is 0 Å². The summed E-state index contributed by atoms with van der Waals surface area (Å²) >= 11 is 0. The van der Waals surface area contributed by atoms with Crippen LogP contribution in [0.5, 0.6) is 0 Å². The fraction of sp³-hybridized carbons (Fsp3) is 0.875. The molecule has 2 aliphatic carbocycles. The first kappa shape index (κ1) is 5.16. The summed E-state index contributed by atoms with van der Waals surface area (Å²) < 4.78 is 0. The normalized spacial score (nSPS) is 46.2. The van der Waals surface area contributed by atoms with Gasteiger partial charge in [0, 0.05) is 11.5 Å². The topological polar surface area (TPSA) is 29.1 Å². The van der Waals surface area contributed by atoms with Gasteiger partial charge in [-0.25, -0.2) is 0 Å². The summed E-state index contributed by atoms with van der Waals surface area (Å²) in [7, 11) is 0. The van der Waals surface area contributed by atoms with E-state index < -0.39 is 0 Å². The largest absolute Gasteiger partial charge is 0.350 e. The average molecular weight is 137 g/mol. The first-order valence-corrected chi connectivity index (χ1v) is 4.11. The molecule has 0 bridgehead atoms. The molecule has 1 aliphatic heterocycles. The van der Waals surface area contributed by atoms with Gasteiger partial charge in [0.05, 0.1) is 0 Å². The molecule has 0 aromatic rings. The van der Waals surface area contributed by atoms with Crippen LogP contribution in [-0.2, 0) is 4.79 Å². The lowest BCUT2D eigenvalue weighted by molar-refractivity contribution is -0.124. The van der Waals surface area contributed by atoms with Crippen LogP contribution in [0.2, 0.25) is 0 Å². The third-order valence-electron chi connectivity index (χ3n) is 3.15. The minimum Gasteiger partial charge on any atom is -0.350 e. The summed E-state index contributed by atoms with van der Waals surface area (Å²) in [5, 5.41) is 3.12. The maximum atomic E-state index is 11.2. The quantitative estimate of drug-likeness (QED) is 0.522. The molecule has 2 nitrogen and oxygen atoms in total. The van der Waals surface area contributed by atoms with Crippen molar-refractivity contribution in [3.63, 3.8) is 0 Å². The van der Waals surface area contributed by atoms with E-state index in [0.717, 1.165) is 5.92 Å². The molecule has 2 saturated carbocycles. The van der Waals surface area contributed by atoms with Crippen LogP contribution < -0.4 is 5.32 Å². The Balaban J connectivity index is 1.88. The maximum Gasteiger partial charge on any atom is 0.223 e. The average Bonchev–Trinajstić information content (AvgIpc) is 2.71. The van der Waals surface area contributed by atoms with Crippen LogP contribution in [0.3, 0.4) is 0 Å². The Bertz CT molecular complexity index is 207. The van der Waals surface area contributed by atoms with Crippen molar-refractivity contribution in [2.45, 2.75) is 31.2 Å². The van der Waals surface area contributed by atoms with Crippen molar-refractivity contribution in [1.82, 2.24) is 5.32 Å². The number of piperidine rings is 1. The lowest BCUT2D eigenvalue weighted by atomic mass is 10.0. The number of fused-ring (bicyclic) bond motifs is 1. The van der Waals surface area contributed by atoms with E-state index in [1.54, 1.807) is 0 Å². The molecule has 54 valence electrons. The predicted molar refractivity (Wildman–Crippen MR) is 36.3 cm³/mol. The highest BCUT2D eigenvalue weighted by molar-refractivity contribution is 5.84. The number of amides is 1. The lowest BCUT2D eigenvalue weighted by Crippen LogP contribution is -2.42. The van der Waals surface area contributed by atoms with Gasteiger partial charge in [0.2, 0.25) is 5.91 Å². The van der Waals surface area contributed by atoms with Gasteiger partial charge in [-0.3, -0.25) is 4.79 Å². The summed E-state index contributed by atoms with van der Waals surface area (Å²) in [5.41, 5.74) is 0.314. The van der Waals surface area contributed by atoms with Crippen LogP contribution in [0.1, 0.15) is 25.7 Å². The van der Waals surface area contributed by atoms with Crippen LogP contribution in [0.15, 0.2) is 0 Å². The first-order valence-electron chi connectivity index (χ1n) is 4.11. The van der Waals surface area contributed by atoms with Crippen LogP contribution in [-0.4, -0.2) is 11.4 Å². The molecule has 3 rings (SSSR count). The van der Waals surface area contributed by atoms with Crippen molar-refractivity contribution >= 4 is 5.91 Å². The number of nitrogens with one attached hydrogen (secondary N) is 1. The van der Waals surface area contributed by atoms with Crippen molar-refractivity contribution in [1.29, 1.82) is 0 Å². The molecule has 2 heteroatoms. The van der Waals surface area contributed by atoms with Crippen LogP contribution >= 0.6 is 0 Å². The molecule has 10 heavy (non-hydrogen) atoms. The molecule has 3 fully saturated rings. The highest BCUT2D eigenvalue weighted by atomic mass is 16.2. The lowest BCUT2D eigenvalue weighted by Gasteiger charge is -2.21. The van der Waals surface area contributed by atoms with E-state index >= 15 is 0 Å². The van der Waals surface area contributed by atoms with E-state index in [1.165, 1.54) is 25.7 Å². The summed E-state index contributed by atoms with van der Waals surface area (Å²) in [6.45, 7) is 0. The van der Waals surface area contributed by atoms with E-state index in [0.29, 0.717) is 17.4 Å². The van der Waals surface area contributed by atoms with Gasteiger partial charge in [-0.1, -0.05) is 0 Å². The number of carbonyl (C=O) groups excluding carboxylic acids is 1. The molecule has 2 atom stereocenters. The molecule has 0 aromatic carbocycles. The highest BCUT2D eigenvalue weighted by Gasteiger charge is 2.58. The fourth-order valence-corrected chi connectivity index (χ4v) is 2.18. The standard InChI is InChI=1S/C8H11NO/c10-7-6-3-5(6)4-8(9-7)1-2-8/h5-6H,1-4H2,(H,9,10). The minimum absolute atomic E-state index is 0.314. The third kappa shape index (κ3) is 0.522. The van der Waals surface area contributed by atoms with Gasteiger partial charge >= 0.3 is 0 Å². The molecule has 2 unspecified atom stereocenters. The second kappa shape index (κ2) is 1.25. The SMILES string of the molecule is O=C1NC2(CC2)CC2CC12. The Morgan fingerprint density at radius 3 is 2.90 bits per heavy atom. The van der Waals surface area contributed by atoms with Crippen LogP contribution in [0.4, 0.5) is 0 Å². The summed E-state index contributed by atoms with van der Waals surface area (Å²) in [6, 6.07) is 0. The van der Waals surface area contributed by atoms with Crippen LogP contribution in [0, 0.1) is 11.8 Å². The smallest absolute Gasteiger partial charge is 0.223 e. The van der Waals surface area contributed by atoms with Gasteiger partial charge in [-0.2, -0.15) is 0 Å². The van der Waals surface area contributed by atoms with Gasteiger partial charge in [-0.05, 0) is 31.6 Å². The molecule has 0 aromatic heterocycles. The van der Waals surface area contributed by atoms with Crippen molar-refractivity contribution in [2.24, 2.45) is 11.8 Å². The minimum atomic E-state index is 0.314. The molecule has 1 spiro atoms. The molecule has 1 N–H and O–H groups in total. The summed E-state index contributed by atoms with van der Waals surface area (Å²) in [6.07, 6.45) is 4.93.